The Morgan fingerprint density at radius 1 is 1.10 bits per heavy atom. The van der Waals surface area contributed by atoms with Crippen molar-refractivity contribution >= 4 is 17.8 Å². The maximum Gasteiger partial charge on any atom is 0.325 e. The summed E-state index contributed by atoms with van der Waals surface area (Å²) in [4.78, 5) is 40.6. The molecule has 30 heavy (non-hydrogen) atoms. The predicted molar refractivity (Wildman–Crippen MR) is 114 cm³/mol. The number of imide groups is 1. The molecule has 1 fully saturated rings. The molecule has 8 heteroatoms. The van der Waals surface area contributed by atoms with E-state index in [-0.39, 0.29) is 18.4 Å². The summed E-state index contributed by atoms with van der Waals surface area (Å²) < 4.78 is 10.5. The van der Waals surface area contributed by atoms with Gasteiger partial charge in [-0.25, -0.2) is 4.79 Å². The number of rotatable bonds is 11. The van der Waals surface area contributed by atoms with Crippen LogP contribution in [0.1, 0.15) is 45.1 Å². The molecule has 1 aromatic rings. The van der Waals surface area contributed by atoms with Crippen LogP contribution in [0.25, 0.3) is 0 Å². The number of hydrogen-bond donors (Lipinski definition) is 1. The van der Waals surface area contributed by atoms with Crippen molar-refractivity contribution in [2.24, 2.45) is 0 Å². The van der Waals surface area contributed by atoms with Crippen molar-refractivity contribution in [3.63, 3.8) is 0 Å². The smallest absolute Gasteiger partial charge is 0.325 e. The average molecular weight is 420 g/mol. The Morgan fingerprint density at radius 2 is 1.73 bits per heavy atom. The molecule has 4 amide bonds. The molecule has 166 valence electrons. The van der Waals surface area contributed by atoms with Crippen LogP contribution in [-0.4, -0.2) is 67.5 Å². The number of nitrogens with zero attached hydrogens (tertiary/aromatic N) is 2. The van der Waals surface area contributed by atoms with E-state index in [4.69, 9.17) is 9.47 Å². The molecule has 1 N–H and O–H groups in total. The number of benzene rings is 1. The van der Waals surface area contributed by atoms with Gasteiger partial charge in [-0.15, -0.1) is 0 Å². The maximum absolute atomic E-state index is 12.9. The quantitative estimate of drug-likeness (QED) is 0.557. The lowest BCUT2D eigenvalue weighted by molar-refractivity contribution is -0.138. The molecule has 1 aromatic carbocycles. The van der Waals surface area contributed by atoms with Crippen LogP contribution in [0.15, 0.2) is 18.2 Å². The van der Waals surface area contributed by atoms with Gasteiger partial charge in [0.1, 0.15) is 12.1 Å². The topological polar surface area (TPSA) is 88.2 Å². The molecular weight excluding hydrogens is 386 g/mol. The van der Waals surface area contributed by atoms with Crippen molar-refractivity contribution in [1.82, 2.24) is 15.1 Å². The van der Waals surface area contributed by atoms with Gasteiger partial charge in [0.25, 0.3) is 5.91 Å². The summed E-state index contributed by atoms with van der Waals surface area (Å²) in [6.07, 6.45) is 3.31. The maximum atomic E-state index is 12.9. The molecule has 0 radical (unpaired) electrons. The van der Waals surface area contributed by atoms with Crippen LogP contribution in [0.5, 0.6) is 11.5 Å². The number of nitrogens with one attached hydrogen (secondary N) is 1. The van der Waals surface area contributed by atoms with Crippen molar-refractivity contribution in [3.8, 4) is 11.5 Å². The summed E-state index contributed by atoms with van der Waals surface area (Å²) in [5.74, 6) is 0.707. The first-order chi connectivity index (χ1) is 14.3. The van der Waals surface area contributed by atoms with Crippen LogP contribution < -0.4 is 14.8 Å². The van der Waals surface area contributed by atoms with Gasteiger partial charge in [0.05, 0.1) is 14.2 Å². The second-order valence-corrected chi connectivity index (χ2v) is 7.66. The minimum absolute atomic E-state index is 0.248. The summed E-state index contributed by atoms with van der Waals surface area (Å²) in [5.41, 5.74) is 0.117. The third kappa shape index (κ3) is 5.04. The fourth-order valence-corrected chi connectivity index (χ4v) is 3.85. The summed E-state index contributed by atoms with van der Waals surface area (Å²) in [7, 11) is 4.83. The van der Waals surface area contributed by atoms with E-state index in [1.165, 1.54) is 4.90 Å². The Labute approximate surface area is 178 Å². The van der Waals surface area contributed by atoms with E-state index in [0.29, 0.717) is 37.3 Å². The van der Waals surface area contributed by atoms with Gasteiger partial charge in [-0.2, -0.15) is 0 Å². The molecule has 2 rings (SSSR count). The van der Waals surface area contributed by atoms with Gasteiger partial charge in [0, 0.05) is 13.6 Å². The summed E-state index contributed by atoms with van der Waals surface area (Å²) >= 11 is 0. The molecule has 0 spiro atoms. The molecule has 1 heterocycles. The summed E-state index contributed by atoms with van der Waals surface area (Å²) in [5, 5.41) is 2.84. The normalized spacial score (nSPS) is 15.2. The van der Waals surface area contributed by atoms with Crippen molar-refractivity contribution < 1.29 is 23.9 Å². The van der Waals surface area contributed by atoms with E-state index >= 15 is 0 Å². The molecule has 0 aromatic heterocycles. The molecule has 0 unspecified atom stereocenters. The van der Waals surface area contributed by atoms with Gasteiger partial charge >= 0.3 is 6.03 Å². The van der Waals surface area contributed by atoms with Crippen LogP contribution >= 0.6 is 0 Å². The van der Waals surface area contributed by atoms with Crippen LogP contribution in [0.3, 0.4) is 0 Å². The minimum atomic E-state index is -0.876. The molecular formula is C22H33N3O5. The van der Waals surface area contributed by atoms with Crippen LogP contribution in [0, 0.1) is 0 Å². The van der Waals surface area contributed by atoms with Crippen LogP contribution in [0.4, 0.5) is 4.79 Å². The highest BCUT2D eigenvalue weighted by Crippen LogP contribution is 2.29. The highest BCUT2D eigenvalue weighted by molar-refractivity contribution is 6.09. The van der Waals surface area contributed by atoms with E-state index in [2.05, 4.69) is 5.32 Å². The Morgan fingerprint density at radius 3 is 2.30 bits per heavy atom. The van der Waals surface area contributed by atoms with Gasteiger partial charge < -0.3 is 19.7 Å². The zero-order chi connectivity index (χ0) is 22.3. The van der Waals surface area contributed by atoms with Crippen LogP contribution in [-0.2, 0) is 16.0 Å². The molecule has 1 aliphatic heterocycles. The minimum Gasteiger partial charge on any atom is -0.493 e. The molecule has 0 atom stereocenters. The van der Waals surface area contributed by atoms with Gasteiger partial charge in [-0.3, -0.25) is 14.5 Å². The average Bonchev–Trinajstić information content (AvgIpc) is 2.96. The molecule has 0 bridgehead atoms. The van der Waals surface area contributed by atoms with E-state index in [0.717, 1.165) is 23.3 Å². The number of carbonyl (C=O) groups is 3. The van der Waals surface area contributed by atoms with E-state index in [9.17, 15) is 14.4 Å². The second-order valence-electron chi connectivity index (χ2n) is 7.66. The largest absolute Gasteiger partial charge is 0.493 e. The number of ether oxygens (including phenoxy) is 2. The Bertz CT molecular complexity index is 774. The van der Waals surface area contributed by atoms with Gasteiger partial charge in [0.2, 0.25) is 5.91 Å². The first-order valence-corrected chi connectivity index (χ1v) is 10.4. The number of methoxy groups -OCH3 is 2. The van der Waals surface area contributed by atoms with Crippen LogP contribution in [0.2, 0.25) is 0 Å². The fourth-order valence-electron chi connectivity index (χ4n) is 3.85. The standard InChI is InChI=1S/C22H33N3O5/c1-6-11-22(12-7-2)20(27)25(21(28)23-22)15-19(26)24(3)13-10-16-8-9-17(29-4)18(14-16)30-5/h8-9,14H,6-7,10-13,15H2,1-5H3,(H,23,28). The SMILES string of the molecule is CCCC1(CCC)NC(=O)N(CC(=O)N(C)CCc2ccc(OC)c(OC)c2)C1=O. The number of amides is 4. The van der Waals surface area contributed by atoms with E-state index in [1.807, 2.05) is 32.0 Å². The fraction of sp³-hybridized carbons (Fsp3) is 0.591. The lowest BCUT2D eigenvalue weighted by Gasteiger charge is -2.26. The summed E-state index contributed by atoms with van der Waals surface area (Å²) in [6.45, 7) is 4.16. The highest BCUT2D eigenvalue weighted by atomic mass is 16.5. The number of hydrogen-bond acceptors (Lipinski definition) is 5. The first kappa shape index (κ1) is 23.5. The zero-order valence-electron chi connectivity index (χ0n) is 18.6. The lowest BCUT2D eigenvalue weighted by Crippen LogP contribution is -2.47. The third-order valence-electron chi connectivity index (χ3n) is 5.50. The molecule has 0 aliphatic carbocycles. The number of carbonyl (C=O) groups excluding carboxylic acids is 3. The third-order valence-corrected chi connectivity index (χ3v) is 5.50. The van der Waals surface area contributed by atoms with E-state index in [1.54, 1.807) is 21.3 Å². The van der Waals surface area contributed by atoms with Gasteiger partial charge in [-0.05, 0) is 37.0 Å². The number of urea groups is 1. The Balaban J connectivity index is 1.98. The monoisotopic (exact) mass is 419 g/mol. The Kier molecular flexibility index (Phi) is 8.08. The molecule has 0 saturated carbocycles. The Hall–Kier alpha value is -2.77. The van der Waals surface area contributed by atoms with Gasteiger partial charge in [0.15, 0.2) is 11.5 Å². The van der Waals surface area contributed by atoms with Gasteiger partial charge in [-0.1, -0.05) is 32.8 Å². The highest BCUT2D eigenvalue weighted by Gasteiger charge is 2.50. The van der Waals surface area contributed by atoms with E-state index < -0.39 is 11.6 Å². The molecule has 1 saturated heterocycles. The second kappa shape index (κ2) is 10.3. The lowest BCUT2D eigenvalue weighted by atomic mass is 9.88. The first-order valence-electron chi connectivity index (χ1n) is 10.4. The van der Waals surface area contributed by atoms with Crippen molar-refractivity contribution in [1.29, 1.82) is 0 Å². The molecule has 8 nitrogen and oxygen atoms in total. The van der Waals surface area contributed by atoms with Crippen molar-refractivity contribution in [3.05, 3.63) is 23.8 Å². The van der Waals surface area contributed by atoms with Crippen molar-refractivity contribution in [2.75, 3.05) is 34.4 Å². The zero-order valence-corrected chi connectivity index (χ0v) is 18.6. The molecule has 1 aliphatic rings. The van der Waals surface area contributed by atoms with Crippen molar-refractivity contribution in [2.45, 2.75) is 51.5 Å². The summed E-state index contributed by atoms with van der Waals surface area (Å²) in [6, 6.07) is 5.13. The number of likely N-dealkylation sites (N-methyl/N-ethyl adjacent to an activating group) is 1. The predicted octanol–water partition coefficient (Wildman–Crippen LogP) is 2.60.